The van der Waals surface area contributed by atoms with Crippen LogP contribution in [0.4, 0.5) is 0 Å². The molecule has 2 nitrogen and oxygen atoms in total. The first-order valence-corrected chi connectivity index (χ1v) is 4.33. The van der Waals surface area contributed by atoms with Gasteiger partial charge in [0.25, 0.3) is 0 Å². The summed E-state index contributed by atoms with van der Waals surface area (Å²) in [6.45, 7) is 0.470. The van der Waals surface area contributed by atoms with E-state index in [1.165, 1.54) is 0 Å². The number of hydrogen-bond donors (Lipinski definition) is 1. The van der Waals surface area contributed by atoms with Crippen molar-refractivity contribution in [2.75, 3.05) is 0 Å². The highest BCUT2D eigenvalue weighted by atomic mass is 79.9. The second-order valence-electron chi connectivity index (χ2n) is 1.80. The van der Waals surface area contributed by atoms with Gasteiger partial charge in [-0.3, -0.25) is 0 Å². The van der Waals surface area contributed by atoms with E-state index in [-0.39, 0.29) is 0 Å². The molecule has 0 aliphatic carbocycles. The highest BCUT2D eigenvalue weighted by molar-refractivity contribution is 9.11. The first-order chi connectivity index (χ1) is 4.72. The van der Waals surface area contributed by atoms with Crippen LogP contribution in [0.1, 0.15) is 5.69 Å². The minimum atomic E-state index is 0.470. The van der Waals surface area contributed by atoms with E-state index in [0.29, 0.717) is 6.54 Å². The Kier molecular flexibility index (Phi) is 2.82. The molecule has 10 heavy (non-hydrogen) atoms. The van der Waals surface area contributed by atoms with E-state index in [2.05, 4.69) is 36.8 Å². The molecule has 0 amide bonds. The van der Waals surface area contributed by atoms with Crippen molar-refractivity contribution < 1.29 is 0 Å². The monoisotopic (exact) mass is 264 g/mol. The molecule has 0 unspecified atom stereocenters. The van der Waals surface area contributed by atoms with Crippen molar-refractivity contribution in [3.8, 4) is 0 Å². The van der Waals surface area contributed by atoms with Gasteiger partial charge in [0.1, 0.15) is 4.60 Å². The topological polar surface area (TPSA) is 38.9 Å². The third-order valence-electron chi connectivity index (χ3n) is 1.02. The van der Waals surface area contributed by atoms with Crippen LogP contribution in [0.5, 0.6) is 0 Å². The highest BCUT2D eigenvalue weighted by Crippen LogP contribution is 2.15. The molecule has 0 aromatic carbocycles. The Morgan fingerprint density at radius 1 is 1.40 bits per heavy atom. The molecule has 0 fully saturated rings. The maximum atomic E-state index is 5.38. The van der Waals surface area contributed by atoms with Crippen LogP contribution >= 0.6 is 31.9 Å². The SMILES string of the molecule is NCc1cc(Br)cc(Br)n1. The normalized spacial score (nSPS) is 9.90. The number of halogens is 2. The van der Waals surface area contributed by atoms with Crippen molar-refractivity contribution in [3.63, 3.8) is 0 Å². The van der Waals surface area contributed by atoms with Gasteiger partial charge in [0.15, 0.2) is 0 Å². The van der Waals surface area contributed by atoms with Crippen molar-refractivity contribution >= 4 is 31.9 Å². The second kappa shape index (κ2) is 3.46. The number of rotatable bonds is 1. The average Bonchev–Trinajstić information content (AvgIpc) is 1.85. The van der Waals surface area contributed by atoms with E-state index in [1.807, 2.05) is 12.1 Å². The van der Waals surface area contributed by atoms with Gasteiger partial charge in [-0.2, -0.15) is 0 Å². The van der Waals surface area contributed by atoms with Crippen LogP contribution < -0.4 is 5.73 Å². The average molecular weight is 266 g/mol. The Labute approximate surface area is 76.1 Å². The van der Waals surface area contributed by atoms with Gasteiger partial charge in [-0.15, -0.1) is 0 Å². The molecule has 0 saturated carbocycles. The van der Waals surface area contributed by atoms with E-state index < -0.39 is 0 Å². The lowest BCUT2D eigenvalue weighted by Crippen LogP contribution is -1.99. The minimum Gasteiger partial charge on any atom is -0.325 e. The minimum absolute atomic E-state index is 0.470. The molecule has 0 spiro atoms. The van der Waals surface area contributed by atoms with Gasteiger partial charge in [0.05, 0.1) is 5.69 Å². The molecule has 0 aliphatic heterocycles. The highest BCUT2D eigenvalue weighted by Gasteiger charge is 1.95. The van der Waals surface area contributed by atoms with Crippen LogP contribution in [-0.4, -0.2) is 4.98 Å². The summed E-state index contributed by atoms with van der Waals surface area (Å²) in [4.78, 5) is 4.11. The van der Waals surface area contributed by atoms with E-state index in [1.54, 1.807) is 0 Å². The van der Waals surface area contributed by atoms with Gasteiger partial charge in [0, 0.05) is 11.0 Å². The molecule has 4 heteroatoms. The van der Waals surface area contributed by atoms with E-state index in [9.17, 15) is 0 Å². The molecule has 1 heterocycles. The van der Waals surface area contributed by atoms with Crippen LogP contribution in [0.2, 0.25) is 0 Å². The van der Waals surface area contributed by atoms with Crippen LogP contribution in [0.3, 0.4) is 0 Å². The zero-order valence-electron chi connectivity index (χ0n) is 5.14. The summed E-state index contributed by atoms with van der Waals surface area (Å²) in [5.74, 6) is 0. The fourth-order valence-electron chi connectivity index (χ4n) is 0.621. The number of pyridine rings is 1. The molecule has 0 aliphatic rings. The van der Waals surface area contributed by atoms with Crippen LogP contribution in [-0.2, 0) is 6.54 Å². The lowest BCUT2D eigenvalue weighted by atomic mass is 10.4. The second-order valence-corrected chi connectivity index (χ2v) is 3.53. The standard InChI is InChI=1S/C6H6Br2N2/c7-4-1-5(3-9)10-6(8)2-4/h1-2H,3,9H2. The van der Waals surface area contributed by atoms with Crippen LogP contribution in [0.15, 0.2) is 21.2 Å². The van der Waals surface area contributed by atoms with Gasteiger partial charge in [-0.25, -0.2) is 4.98 Å². The Morgan fingerprint density at radius 3 is 2.60 bits per heavy atom. The maximum absolute atomic E-state index is 5.38. The molecule has 1 aromatic heterocycles. The summed E-state index contributed by atoms with van der Waals surface area (Å²) < 4.78 is 1.80. The van der Waals surface area contributed by atoms with Gasteiger partial charge < -0.3 is 5.73 Å². The predicted molar refractivity (Wildman–Crippen MR) is 47.5 cm³/mol. The van der Waals surface area contributed by atoms with Crippen LogP contribution in [0.25, 0.3) is 0 Å². The number of hydrogen-bond acceptors (Lipinski definition) is 2. The van der Waals surface area contributed by atoms with Gasteiger partial charge >= 0.3 is 0 Å². The zero-order chi connectivity index (χ0) is 7.56. The zero-order valence-corrected chi connectivity index (χ0v) is 8.31. The van der Waals surface area contributed by atoms with Crippen molar-refractivity contribution in [2.24, 2.45) is 5.73 Å². The first-order valence-electron chi connectivity index (χ1n) is 2.74. The molecular weight excluding hydrogens is 260 g/mol. The van der Waals surface area contributed by atoms with Crippen molar-refractivity contribution in [1.82, 2.24) is 4.98 Å². The van der Waals surface area contributed by atoms with E-state index >= 15 is 0 Å². The van der Waals surface area contributed by atoms with E-state index in [0.717, 1.165) is 14.8 Å². The molecule has 0 bridgehead atoms. The van der Waals surface area contributed by atoms with Crippen molar-refractivity contribution in [2.45, 2.75) is 6.54 Å². The summed E-state index contributed by atoms with van der Waals surface area (Å²) in [5, 5.41) is 0. The summed E-state index contributed by atoms with van der Waals surface area (Å²) in [5.41, 5.74) is 6.26. The molecule has 0 radical (unpaired) electrons. The third kappa shape index (κ3) is 2.04. The van der Waals surface area contributed by atoms with Crippen molar-refractivity contribution in [1.29, 1.82) is 0 Å². The summed E-state index contributed by atoms with van der Waals surface area (Å²) >= 11 is 6.59. The quantitative estimate of drug-likeness (QED) is 0.790. The Hall–Kier alpha value is 0.0700. The van der Waals surface area contributed by atoms with Gasteiger partial charge in [-0.1, -0.05) is 15.9 Å². The summed E-state index contributed by atoms with van der Waals surface area (Å²) in [6.07, 6.45) is 0. The number of nitrogens with two attached hydrogens (primary N) is 1. The summed E-state index contributed by atoms with van der Waals surface area (Å²) in [6, 6.07) is 3.77. The Morgan fingerprint density at radius 2 is 2.10 bits per heavy atom. The molecule has 1 aromatic rings. The number of nitrogens with zero attached hydrogens (tertiary/aromatic N) is 1. The fraction of sp³-hybridized carbons (Fsp3) is 0.167. The third-order valence-corrected chi connectivity index (χ3v) is 1.89. The lowest BCUT2D eigenvalue weighted by Gasteiger charge is -1.97. The Bertz CT molecular complexity index is 217. The molecule has 2 N–H and O–H groups in total. The fourth-order valence-corrected chi connectivity index (χ4v) is 1.88. The molecule has 54 valence electrons. The van der Waals surface area contributed by atoms with Crippen LogP contribution in [0, 0.1) is 0 Å². The summed E-state index contributed by atoms with van der Waals surface area (Å²) in [7, 11) is 0. The molecular formula is C6H6Br2N2. The van der Waals surface area contributed by atoms with E-state index in [4.69, 9.17) is 5.73 Å². The smallest absolute Gasteiger partial charge is 0.107 e. The lowest BCUT2D eigenvalue weighted by molar-refractivity contribution is 0.977. The maximum Gasteiger partial charge on any atom is 0.107 e. The van der Waals surface area contributed by atoms with Gasteiger partial charge in [0.2, 0.25) is 0 Å². The predicted octanol–water partition coefficient (Wildman–Crippen LogP) is 2.07. The number of aromatic nitrogens is 1. The molecule has 0 saturated heterocycles. The first kappa shape index (κ1) is 8.17. The molecule has 1 rings (SSSR count). The molecule has 0 atom stereocenters. The largest absolute Gasteiger partial charge is 0.325 e. The Balaban J connectivity index is 3.06. The van der Waals surface area contributed by atoms with Gasteiger partial charge in [-0.05, 0) is 28.1 Å². The van der Waals surface area contributed by atoms with Crippen molar-refractivity contribution in [3.05, 3.63) is 26.9 Å².